The van der Waals surface area contributed by atoms with Crippen LogP contribution in [0.5, 0.6) is 0 Å². The first kappa shape index (κ1) is 77.8. The van der Waals surface area contributed by atoms with Gasteiger partial charge in [-0.3, -0.25) is 57.9 Å². The van der Waals surface area contributed by atoms with Crippen LogP contribution in [0.2, 0.25) is 5.02 Å². The van der Waals surface area contributed by atoms with Gasteiger partial charge >= 0.3 is 0 Å². The van der Waals surface area contributed by atoms with E-state index < -0.39 is 41.4 Å². The molecule has 3 aliphatic rings. The molecular weight excluding hydrogens is 1450 g/mol. The molecule has 3 saturated heterocycles. The van der Waals surface area contributed by atoms with E-state index in [9.17, 15) is 47.5 Å². The van der Waals surface area contributed by atoms with Gasteiger partial charge in [-0.25, -0.2) is 4.39 Å². The number of likely N-dealkylation sites (tertiary alicyclic amines) is 3. The maximum absolute atomic E-state index is 13.9. The van der Waals surface area contributed by atoms with E-state index in [-0.39, 0.29) is 89.7 Å². The SMILES string of the molecule is CN(C)C(=O)CN1C[C@H](C(=O)c2ccccc2)C(c2ccc(Cl)cc2)[C@@H](C(=O)c2ccccc2)C1.CN(C)C(=O)CN1C[C@H](C(=O)c2ccccc2)C(c2ccc(F)cc2)[C@@H](C(=O)c2ccccc2)C1.CN(C)C(=O)CN1C[C@H](C(=O)c2ccccc2)C(c2ccccc2I)[C@@H](C(=O)c2ccccc2)C1. The lowest BCUT2D eigenvalue weighted by molar-refractivity contribution is -0.131. The summed E-state index contributed by atoms with van der Waals surface area (Å²) < 4.78 is 14.8. The van der Waals surface area contributed by atoms with Crippen LogP contribution in [0, 0.1) is 44.9 Å². The van der Waals surface area contributed by atoms with Gasteiger partial charge in [0.2, 0.25) is 17.7 Å². The smallest absolute Gasteiger partial charge is 0.236 e. The summed E-state index contributed by atoms with van der Waals surface area (Å²) in [5.41, 5.74) is 6.21. The summed E-state index contributed by atoms with van der Waals surface area (Å²) in [5, 5.41) is 0.597. The number of rotatable bonds is 21. The fourth-order valence-electron chi connectivity index (χ4n) is 14.7. The molecule has 0 unspecified atom stereocenters. The Morgan fingerprint density at radius 3 is 0.781 bits per heavy atom. The standard InChI is InChI=1S/C29H29ClN2O3.C29H29FN2O3.C29H29IN2O3/c2*1-31(2)26(33)19-32-17-24(28(34)21-9-5-3-6-10-21)27(20-13-15-23(30)16-14-20)25(18-32)29(35)22-11-7-4-8-12-22;1-31(2)26(33)19-32-17-23(28(34)20-11-5-3-6-12-20)27(22-15-9-10-16-25(22)30)24(18-32)29(35)21-13-7-4-8-14-21/h2*3-16,24-25,27H,17-19H2,1-2H3;3-16,23-24,27H,17-19H2,1-2H3/t2*24-,25-;23-,24-/m000/s1. The van der Waals surface area contributed by atoms with Crippen LogP contribution < -0.4 is 0 Å². The van der Waals surface area contributed by atoms with Crippen molar-refractivity contribution in [1.29, 1.82) is 0 Å². The molecule has 0 radical (unpaired) electrons. The summed E-state index contributed by atoms with van der Waals surface area (Å²) >= 11 is 8.46. The third-order valence-electron chi connectivity index (χ3n) is 20.0. The van der Waals surface area contributed by atoms with Gasteiger partial charge in [-0.1, -0.05) is 236 Å². The number of halogens is 3. The number of ketones is 6. The second-order valence-electron chi connectivity index (χ2n) is 27.7. The van der Waals surface area contributed by atoms with Crippen LogP contribution in [0.25, 0.3) is 0 Å². The van der Waals surface area contributed by atoms with Crippen molar-refractivity contribution >= 4 is 86.6 Å². The number of amides is 3. The predicted octanol–water partition coefficient (Wildman–Crippen LogP) is 13.9. The Labute approximate surface area is 633 Å². The van der Waals surface area contributed by atoms with Crippen LogP contribution in [0.4, 0.5) is 4.39 Å². The average molecular weight is 1540 g/mol. The molecule has 0 bridgehead atoms. The number of carbonyl (C=O) groups excluding carboxylic acids is 9. The van der Waals surface area contributed by atoms with Crippen molar-refractivity contribution < 1.29 is 47.5 Å². The van der Waals surface area contributed by atoms with Gasteiger partial charge < -0.3 is 14.7 Å². The molecule has 3 aliphatic heterocycles. The largest absolute Gasteiger partial charge is 0.348 e. The Morgan fingerprint density at radius 2 is 0.543 bits per heavy atom. The number of nitrogens with zero attached hydrogens (tertiary/aromatic N) is 6. The number of carbonyl (C=O) groups is 9. The lowest BCUT2D eigenvalue weighted by atomic mass is 9.68. The molecule has 0 aliphatic carbocycles. The molecule has 540 valence electrons. The number of piperidine rings is 3. The van der Waals surface area contributed by atoms with E-state index in [1.165, 1.54) is 21.9 Å². The molecule has 105 heavy (non-hydrogen) atoms. The van der Waals surface area contributed by atoms with Gasteiger partial charge in [-0.05, 0) is 69.6 Å². The van der Waals surface area contributed by atoms with Gasteiger partial charge in [0.05, 0.1) is 19.6 Å². The summed E-state index contributed by atoms with van der Waals surface area (Å²) in [6.07, 6.45) is 0. The van der Waals surface area contributed by atoms with Crippen molar-refractivity contribution in [2.24, 2.45) is 35.5 Å². The molecule has 3 heterocycles. The molecule has 9 aromatic carbocycles. The summed E-state index contributed by atoms with van der Waals surface area (Å²) in [6.45, 7) is 2.70. The van der Waals surface area contributed by atoms with Gasteiger partial charge in [0, 0.05) is 177 Å². The zero-order valence-corrected chi connectivity index (χ0v) is 62.7. The van der Waals surface area contributed by atoms with Crippen LogP contribution in [0.3, 0.4) is 0 Å². The Balaban J connectivity index is 0.000000169. The Kier molecular flexibility index (Phi) is 27.3. The van der Waals surface area contributed by atoms with Gasteiger partial charge in [0.15, 0.2) is 34.7 Å². The Morgan fingerprint density at radius 1 is 0.324 bits per heavy atom. The first-order valence-corrected chi connectivity index (χ1v) is 36.6. The molecule has 3 fully saturated rings. The molecular formula is C87H87ClFIN6O9. The molecule has 3 amide bonds. The third-order valence-corrected chi connectivity index (χ3v) is 21.3. The van der Waals surface area contributed by atoms with Crippen molar-refractivity contribution in [3.05, 3.63) is 319 Å². The number of hydrogen-bond donors (Lipinski definition) is 0. The van der Waals surface area contributed by atoms with E-state index in [0.717, 1.165) is 20.3 Å². The van der Waals surface area contributed by atoms with E-state index >= 15 is 0 Å². The maximum atomic E-state index is 13.9. The topological polar surface area (TPSA) is 173 Å². The van der Waals surface area contributed by atoms with E-state index in [0.29, 0.717) is 77.7 Å². The first-order chi connectivity index (χ1) is 50.6. The van der Waals surface area contributed by atoms with Gasteiger partial charge in [-0.2, -0.15) is 0 Å². The van der Waals surface area contributed by atoms with Crippen LogP contribution in [0.1, 0.15) is 96.6 Å². The highest BCUT2D eigenvalue weighted by Crippen LogP contribution is 2.45. The summed E-state index contributed by atoms with van der Waals surface area (Å²) in [4.78, 5) is 131. The van der Waals surface area contributed by atoms with Gasteiger partial charge in [0.25, 0.3) is 0 Å². The molecule has 15 nitrogen and oxygen atoms in total. The summed E-state index contributed by atoms with van der Waals surface area (Å²) in [5.74, 6) is -5.00. The highest BCUT2D eigenvalue weighted by Gasteiger charge is 2.49. The second-order valence-corrected chi connectivity index (χ2v) is 29.3. The first-order valence-electron chi connectivity index (χ1n) is 35.1. The minimum atomic E-state index is -0.579. The molecule has 0 aromatic heterocycles. The lowest BCUT2D eigenvalue weighted by Crippen LogP contribution is -2.52. The van der Waals surface area contributed by atoms with E-state index in [4.69, 9.17) is 11.6 Å². The molecule has 0 N–H and O–H groups in total. The van der Waals surface area contributed by atoms with E-state index in [2.05, 4.69) is 22.6 Å². The van der Waals surface area contributed by atoms with Crippen LogP contribution in [-0.4, -0.2) is 183 Å². The fourth-order valence-corrected chi connectivity index (χ4v) is 15.5. The molecule has 18 heteroatoms. The highest BCUT2D eigenvalue weighted by atomic mass is 127. The molecule has 6 atom stereocenters. The molecule has 0 saturated carbocycles. The van der Waals surface area contributed by atoms with Crippen molar-refractivity contribution in [2.45, 2.75) is 17.8 Å². The Bertz CT molecular complexity index is 4090. The monoisotopic (exact) mass is 1540 g/mol. The minimum Gasteiger partial charge on any atom is -0.348 e. The summed E-state index contributed by atoms with van der Waals surface area (Å²) in [6, 6.07) is 76.3. The van der Waals surface area contributed by atoms with E-state index in [1.54, 1.807) is 120 Å². The number of Topliss-reactive ketones (excluding diaryl/α,β-unsaturated/α-hetero) is 6. The van der Waals surface area contributed by atoms with Crippen molar-refractivity contribution in [3.8, 4) is 0 Å². The molecule has 0 spiro atoms. The van der Waals surface area contributed by atoms with Crippen LogP contribution in [0.15, 0.2) is 255 Å². The average Bonchev–Trinajstić information content (AvgIpc) is 0.780. The van der Waals surface area contributed by atoms with Gasteiger partial charge in [0.1, 0.15) is 5.82 Å². The third kappa shape index (κ3) is 19.8. The fraction of sp³-hybridized carbons (Fsp3) is 0.276. The van der Waals surface area contributed by atoms with Crippen molar-refractivity contribution in [1.82, 2.24) is 29.4 Å². The number of benzene rings is 9. The zero-order valence-electron chi connectivity index (χ0n) is 59.8. The number of hydrogen-bond acceptors (Lipinski definition) is 12. The Hall–Kier alpha value is -9.76. The van der Waals surface area contributed by atoms with Crippen molar-refractivity contribution in [3.63, 3.8) is 0 Å². The summed E-state index contributed by atoms with van der Waals surface area (Å²) in [7, 11) is 10.2. The normalized spacial score (nSPS) is 18.7. The predicted molar refractivity (Wildman–Crippen MR) is 416 cm³/mol. The molecule has 12 rings (SSSR count). The van der Waals surface area contributed by atoms with Crippen LogP contribution in [-0.2, 0) is 14.4 Å². The number of likely N-dealkylation sites (N-methyl/N-ethyl adjacent to an activating group) is 3. The van der Waals surface area contributed by atoms with E-state index in [1.807, 2.05) is 185 Å². The highest BCUT2D eigenvalue weighted by molar-refractivity contribution is 14.1. The van der Waals surface area contributed by atoms with Crippen molar-refractivity contribution in [2.75, 3.05) is 101 Å². The maximum Gasteiger partial charge on any atom is 0.236 e. The second kappa shape index (κ2) is 36.8. The zero-order chi connectivity index (χ0) is 74.8. The van der Waals surface area contributed by atoms with Crippen LogP contribution >= 0.6 is 34.2 Å². The lowest BCUT2D eigenvalue weighted by Gasteiger charge is -2.43. The quantitative estimate of drug-likeness (QED) is 0.0493. The molecule has 9 aromatic rings. The van der Waals surface area contributed by atoms with Gasteiger partial charge in [-0.15, -0.1) is 0 Å². The minimum absolute atomic E-state index is 0.00289.